The number of nitro groups is 1. The minimum atomic E-state index is -3.86. The van der Waals surface area contributed by atoms with Crippen molar-refractivity contribution in [2.75, 3.05) is 0 Å². The number of hydrogen-bond donors (Lipinski definition) is 3. The van der Waals surface area contributed by atoms with E-state index in [0.717, 1.165) is 5.56 Å². The molecule has 3 aromatic carbocycles. The Hall–Kier alpha value is -3.73. The van der Waals surface area contributed by atoms with Gasteiger partial charge in [0.05, 0.1) is 15.4 Å². The van der Waals surface area contributed by atoms with Gasteiger partial charge in [-0.15, -0.1) is 0 Å². The van der Waals surface area contributed by atoms with Crippen molar-refractivity contribution >= 4 is 50.1 Å². The maximum Gasteiger partial charge on any atom is 0.294 e. The van der Waals surface area contributed by atoms with E-state index in [2.05, 4.69) is 14.7 Å². The molecule has 4 aromatic rings. The molecule has 4 rings (SSSR count). The molecule has 0 atom stereocenters. The summed E-state index contributed by atoms with van der Waals surface area (Å²) in [6.45, 7) is 0.0713. The minimum absolute atomic E-state index is 0.0108. The van der Waals surface area contributed by atoms with Crippen molar-refractivity contribution in [3.8, 4) is 5.88 Å². The second-order valence-corrected chi connectivity index (χ2v) is 9.25. The molecule has 0 aliphatic heterocycles. The van der Waals surface area contributed by atoms with E-state index in [1.54, 1.807) is 30.3 Å². The highest BCUT2D eigenvalue weighted by molar-refractivity contribution is 7.89. The van der Waals surface area contributed by atoms with E-state index in [-0.39, 0.29) is 34.3 Å². The van der Waals surface area contributed by atoms with Crippen LogP contribution in [0.25, 0.3) is 10.9 Å². The lowest BCUT2D eigenvalue weighted by Crippen LogP contribution is -2.23. The number of fused-ring (bicyclic) bond motifs is 1. The van der Waals surface area contributed by atoms with Crippen molar-refractivity contribution < 1.29 is 18.4 Å². The average Bonchev–Trinajstić information content (AvgIpc) is 3.11. The van der Waals surface area contributed by atoms with Gasteiger partial charge in [-0.05, 0) is 42.0 Å². The number of aromatic hydroxyl groups is 1. The second-order valence-electron chi connectivity index (χ2n) is 7.05. The van der Waals surface area contributed by atoms with Gasteiger partial charge in [0, 0.05) is 34.8 Å². The predicted octanol–water partition coefficient (Wildman–Crippen LogP) is 4.66. The van der Waals surface area contributed by atoms with Crippen LogP contribution in [0.5, 0.6) is 5.88 Å². The molecule has 0 aliphatic carbocycles. The van der Waals surface area contributed by atoms with Crippen molar-refractivity contribution in [2.45, 2.75) is 11.4 Å². The van der Waals surface area contributed by atoms with Gasteiger partial charge in [-0.2, -0.15) is 0 Å². The molecule has 0 amide bonds. The molecule has 0 aliphatic rings. The van der Waals surface area contributed by atoms with Crippen molar-refractivity contribution in [1.82, 2.24) is 9.71 Å². The maximum atomic E-state index is 12.8. The number of aromatic amines is 1. The summed E-state index contributed by atoms with van der Waals surface area (Å²) in [7, 11) is -3.86. The highest BCUT2D eigenvalue weighted by atomic mass is 35.5. The summed E-state index contributed by atoms with van der Waals surface area (Å²) in [6.07, 6.45) is 1.26. The van der Waals surface area contributed by atoms with Gasteiger partial charge in [-0.1, -0.05) is 35.9 Å². The monoisotopic (exact) mass is 484 g/mol. The van der Waals surface area contributed by atoms with Crippen LogP contribution in [0.3, 0.4) is 0 Å². The summed E-state index contributed by atoms with van der Waals surface area (Å²) in [5, 5.41) is 22.4. The first kappa shape index (κ1) is 22.5. The SMILES string of the molecule is O=[N+]([O-])c1ccccc1N=Cc1c(O)[nH]c2ccc(S(=O)(=O)NCc3ccc(Cl)cc3)cc12. The molecule has 0 unspecified atom stereocenters. The van der Waals surface area contributed by atoms with Crippen LogP contribution in [0.15, 0.2) is 76.6 Å². The average molecular weight is 485 g/mol. The number of para-hydroxylation sites is 2. The van der Waals surface area contributed by atoms with Crippen LogP contribution >= 0.6 is 11.6 Å². The fourth-order valence-electron chi connectivity index (χ4n) is 3.20. The number of nitro benzene ring substituents is 1. The maximum absolute atomic E-state index is 12.8. The molecule has 0 spiro atoms. The van der Waals surface area contributed by atoms with Crippen molar-refractivity contribution in [2.24, 2.45) is 4.99 Å². The summed E-state index contributed by atoms with van der Waals surface area (Å²) in [4.78, 5) is 17.5. The first-order valence-electron chi connectivity index (χ1n) is 9.61. The molecule has 1 heterocycles. The Morgan fingerprint density at radius 2 is 1.85 bits per heavy atom. The van der Waals surface area contributed by atoms with Crippen LogP contribution in [0.2, 0.25) is 5.02 Å². The van der Waals surface area contributed by atoms with Gasteiger partial charge < -0.3 is 10.1 Å². The van der Waals surface area contributed by atoms with Gasteiger partial charge in [0.2, 0.25) is 10.0 Å². The van der Waals surface area contributed by atoms with Gasteiger partial charge in [0.15, 0.2) is 5.88 Å². The number of hydrogen-bond acceptors (Lipinski definition) is 6. The minimum Gasteiger partial charge on any atom is -0.494 e. The molecule has 33 heavy (non-hydrogen) atoms. The fraction of sp³-hybridized carbons (Fsp3) is 0.0455. The Kier molecular flexibility index (Phi) is 6.14. The molecule has 0 radical (unpaired) electrons. The number of aliphatic imine (C=N–C) groups is 1. The van der Waals surface area contributed by atoms with Crippen LogP contribution in [-0.4, -0.2) is 29.6 Å². The second kappa shape index (κ2) is 9.02. The summed E-state index contributed by atoms with van der Waals surface area (Å²) >= 11 is 5.85. The van der Waals surface area contributed by atoms with Crippen LogP contribution in [0.1, 0.15) is 11.1 Å². The Balaban J connectivity index is 1.66. The number of aromatic nitrogens is 1. The largest absolute Gasteiger partial charge is 0.494 e. The molecule has 9 nitrogen and oxygen atoms in total. The van der Waals surface area contributed by atoms with Crippen LogP contribution in [-0.2, 0) is 16.6 Å². The summed E-state index contributed by atoms with van der Waals surface area (Å²) in [5.74, 6) is -0.240. The third kappa shape index (κ3) is 4.87. The van der Waals surface area contributed by atoms with Crippen LogP contribution < -0.4 is 4.72 Å². The number of rotatable bonds is 7. The van der Waals surface area contributed by atoms with Gasteiger partial charge in [-0.25, -0.2) is 18.1 Å². The van der Waals surface area contributed by atoms with Crippen LogP contribution in [0, 0.1) is 10.1 Å². The fourth-order valence-corrected chi connectivity index (χ4v) is 4.37. The van der Waals surface area contributed by atoms with E-state index in [4.69, 9.17) is 11.6 Å². The van der Waals surface area contributed by atoms with E-state index in [1.165, 1.54) is 42.6 Å². The molecule has 0 fully saturated rings. The Morgan fingerprint density at radius 1 is 1.12 bits per heavy atom. The number of nitrogens with zero attached hydrogens (tertiary/aromatic N) is 2. The van der Waals surface area contributed by atoms with Crippen molar-refractivity contribution in [1.29, 1.82) is 0 Å². The van der Waals surface area contributed by atoms with Gasteiger partial charge >= 0.3 is 0 Å². The number of H-pyrrole nitrogens is 1. The molecule has 11 heteroatoms. The van der Waals surface area contributed by atoms with E-state index in [9.17, 15) is 23.6 Å². The van der Waals surface area contributed by atoms with Crippen LogP contribution in [0.4, 0.5) is 11.4 Å². The van der Waals surface area contributed by atoms with E-state index < -0.39 is 14.9 Å². The molecule has 0 saturated carbocycles. The lowest BCUT2D eigenvalue weighted by atomic mass is 10.2. The molecule has 0 bridgehead atoms. The number of sulfonamides is 1. The topological polar surface area (TPSA) is 138 Å². The van der Waals surface area contributed by atoms with Crippen molar-refractivity contribution in [3.05, 3.63) is 93.0 Å². The predicted molar refractivity (Wildman–Crippen MR) is 126 cm³/mol. The summed E-state index contributed by atoms with van der Waals surface area (Å²) < 4.78 is 28.2. The molecule has 1 aromatic heterocycles. The first-order chi connectivity index (χ1) is 15.7. The van der Waals surface area contributed by atoms with Gasteiger partial charge in [0.25, 0.3) is 5.69 Å². The van der Waals surface area contributed by atoms with E-state index >= 15 is 0 Å². The van der Waals surface area contributed by atoms with E-state index in [0.29, 0.717) is 15.9 Å². The smallest absolute Gasteiger partial charge is 0.294 e. The molecule has 3 N–H and O–H groups in total. The molecular formula is C22H17ClN4O5S. The Bertz CT molecular complexity index is 1480. The molecular weight excluding hydrogens is 468 g/mol. The third-order valence-electron chi connectivity index (χ3n) is 4.89. The normalized spacial score (nSPS) is 11.9. The van der Waals surface area contributed by atoms with Gasteiger partial charge in [0.1, 0.15) is 5.69 Å². The zero-order chi connectivity index (χ0) is 23.6. The zero-order valence-corrected chi connectivity index (χ0v) is 18.5. The van der Waals surface area contributed by atoms with Crippen molar-refractivity contribution in [3.63, 3.8) is 0 Å². The third-order valence-corrected chi connectivity index (χ3v) is 6.54. The lowest BCUT2D eigenvalue weighted by Gasteiger charge is -2.07. The molecule has 168 valence electrons. The number of nitrogens with one attached hydrogen (secondary N) is 2. The lowest BCUT2D eigenvalue weighted by molar-refractivity contribution is -0.384. The summed E-state index contributed by atoms with van der Waals surface area (Å²) in [6, 6.07) is 17.0. The Labute approximate surface area is 193 Å². The highest BCUT2D eigenvalue weighted by Crippen LogP contribution is 2.30. The number of halogens is 1. The molecule has 0 saturated heterocycles. The zero-order valence-electron chi connectivity index (χ0n) is 16.9. The Morgan fingerprint density at radius 3 is 2.58 bits per heavy atom. The number of benzene rings is 3. The van der Waals surface area contributed by atoms with Gasteiger partial charge in [-0.3, -0.25) is 10.1 Å². The first-order valence-corrected chi connectivity index (χ1v) is 11.5. The summed E-state index contributed by atoms with van der Waals surface area (Å²) in [5.41, 5.74) is 1.33. The highest BCUT2D eigenvalue weighted by Gasteiger charge is 2.18. The standard InChI is InChI=1S/C22H17ClN4O5S/c23-15-7-5-14(6-8-15)12-25-33(31,32)16-9-10-19-17(11-16)18(22(28)26-19)13-24-20-3-1-2-4-21(20)27(29)30/h1-11,13,25-26,28H,12H2. The van der Waals surface area contributed by atoms with E-state index in [1.807, 2.05) is 0 Å². The quantitative estimate of drug-likeness (QED) is 0.199.